The van der Waals surface area contributed by atoms with E-state index in [-0.39, 0.29) is 17.0 Å². The minimum Gasteiger partial charge on any atom is -0.244 e. The standard InChI is InChI=1S/C7H5NS2.BrH/c1-2-6(9-4-1)7-8-3-5-10-7;/h1-5H;1H. The number of hydrogen-bond donors (Lipinski definition) is 0. The van der Waals surface area contributed by atoms with Crippen LogP contribution in [0.15, 0.2) is 29.1 Å². The highest BCUT2D eigenvalue weighted by Crippen LogP contribution is 2.25. The molecular weight excluding hydrogens is 242 g/mol. The lowest BCUT2D eigenvalue weighted by atomic mass is 10.5. The molecule has 0 radical (unpaired) electrons. The molecule has 0 N–H and O–H groups in total. The van der Waals surface area contributed by atoms with E-state index < -0.39 is 0 Å². The van der Waals surface area contributed by atoms with Crippen LogP contribution in [0.3, 0.4) is 0 Å². The highest BCUT2D eigenvalue weighted by Gasteiger charge is 1.98. The fourth-order valence-electron chi connectivity index (χ4n) is 0.745. The van der Waals surface area contributed by atoms with Crippen molar-refractivity contribution < 1.29 is 0 Å². The highest BCUT2D eigenvalue weighted by atomic mass is 79.9. The molecule has 0 fully saturated rings. The largest absolute Gasteiger partial charge is 0.244 e. The van der Waals surface area contributed by atoms with Gasteiger partial charge in [-0.2, -0.15) is 0 Å². The molecule has 11 heavy (non-hydrogen) atoms. The Balaban J connectivity index is 0.000000605. The molecule has 0 saturated carbocycles. The summed E-state index contributed by atoms with van der Waals surface area (Å²) in [4.78, 5) is 5.45. The van der Waals surface area contributed by atoms with Crippen LogP contribution in [0.2, 0.25) is 0 Å². The Morgan fingerprint density at radius 1 is 1.18 bits per heavy atom. The Labute approximate surface area is 83.5 Å². The van der Waals surface area contributed by atoms with Crippen LogP contribution in [0.4, 0.5) is 0 Å². The van der Waals surface area contributed by atoms with Gasteiger partial charge in [-0.3, -0.25) is 0 Å². The SMILES string of the molecule is Br.c1csc(-c2nccs2)c1. The second-order valence-corrected chi connectivity index (χ2v) is 3.66. The number of thiazole rings is 1. The lowest BCUT2D eigenvalue weighted by molar-refractivity contribution is 1.43. The minimum atomic E-state index is 0. The van der Waals surface area contributed by atoms with E-state index in [9.17, 15) is 0 Å². The van der Waals surface area contributed by atoms with Crippen LogP contribution >= 0.6 is 39.7 Å². The molecule has 0 aliphatic rings. The number of rotatable bonds is 1. The van der Waals surface area contributed by atoms with Gasteiger partial charge in [-0.1, -0.05) is 6.07 Å². The molecule has 0 unspecified atom stereocenters. The Kier molecular flexibility index (Phi) is 3.23. The maximum atomic E-state index is 4.19. The van der Waals surface area contributed by atoms with Crippen LogP contribution in [0.25, 0.3) is 9.88 Å². The summed E-state index contributed by atoms with van der Waals surface area (Å²) >= 11 is 3.41. The lowest BCUT2D eigenvalue weighted by Crippen LogP contribution is -1.63. The van der Waals surface area contributed by atoms with E-state index in [1.807, 2.05) is 17.6 Å². The molecule has 0 amide bonds. The van der Waals surface area contributed by atoms with Crippen molar-refractivity contribution in [3.05, 3.63) is 29.1 Å². The summed E-state index contributed by atoms with van der Waals surface area (Å²) in [5.74, 6) is 0. The summed E-state index contributed by atoms with van der Waals surface area (Å²) in [5.41, 5.74) is 0. The molecule has 2 aromatic heterocycles. The molecule has 0 aliphatic heterocycles. The average molecular weight is 248 g/mol. The summed E-state index contributed by atoms with van der Waals surface area (Å²) in [6, 6.07) is 4.13. The Bertz CT molecular complexity index is 256. The summed E-state index contributed by atoms with van der Waals surface area (Å²) in [5, 5.41) is 5.18. The van der Waals surface area contributed by atoms with E-state index in [1.54, 1.807) is 22.7 Å². The van der Waals surface area contributed by atoms with E-state index in [0.29, 0.717) is 0 Å². The van der Waals surface area contributed by atoms with Gasteiger partial charge < -0.3 is 0 Å². The average Bonchev–Trinajstić information content (AvgIpc) is 2.59. The van der Waals surface area contributed by atoms with Crippen LogP contribution in [-0.4, -0.2) is 4.98 Å². The fraction of sp³-hybridized carbons (Fsp3) is 0. The molecule has 4 heteroatoms. The minimum absolute atomic E-state index is 0. The summed E-state index contributed by atoms with van der Waals surface area (Å²) < 4.78 is 0. The molecule has 0 aliphatic carbocycles. The van der Waals surface area contributed by atoms with Gasteiger partial charge in [0.15, 0.2) is 0 Å². The highest BCUT2D eigenvalue weighted by molar-refractivity contribution is 8.93. The van der Waals surface area contributed by atoms with Crippen molar-refractivity contribution in [2.45, 2.75) is 0 Å². The molecule has 2 aromatic rings. The van der Waals surface area contributed by atoms with Gasteiger partial charge in [-0.05, 0) is 11.4 Å². The third kappa shape index (κ3) is 1.89. The van der Waals surface area contributed by atoms with Gasteiger partial charge >= 0.3 is 0 Å². The first-order valence-corrected chi connectivity index (χ1v) is 4.66. The molecule has 2 heterocycles. The maximum Gasteiger partial charge on any atom is 0.133 e. The van der Waals surface area contributed by atoms with Gasteiger partial charge in [0.25, 0.3) is 0 Å². The lowest BCUT2D eigenvalue weighted by Gasteiger charge is -1.83. The number of thiophene rings is 1. The number of halogens is 1. The molecule has 0 spiro atoms. The zero-order valence-corrected chi connectivity index (χ0v) is 8.90. The van der Waals surface area contributed by atoms with Crippen LogP contribution in [-0.2, 0) is 0 Å². The molecule has 2 rings (SSSR count). The molecule has 58 valence electrons. The Morgan fingerprint density at radius 2 is 2.09 bits per heavy atom. The van der Waals surface area contributed by atoms with Crippen molar-refractivity contribution in [3.63, 3.8) is 0 Å². The first kappa shape index (κ1) is 8.90. The predicted octanol–water partition coefficient (Wildman–Crippen LogP) is 3.45. The molecule has 1 nitrogen and oxygen atoms in total. The number of nitrogens with zero attached hydrogens (tertiary/aromatic N) is 1. The topological polar surface area (TPSA) is 12.9 Å². The smallest absolute Gasteiger partial charge is 0.133 e. The maximum absolute atomic E-state index is 4.19. The van der Waals surface area contributed by atoms with Gasteiger partial charge in [-0.15, -0.1) is 39.7 Å². The molecule has 0 atom stereocenters. The molecule has 0 saturated heterocycles. The summed E-state index contributed by atoms with van der Waals surface area (Å²) in [6.45, 7) is 0. The van der Waals surface area contributed by atoms with Crippen molar-refractivity contribution in [3.8, 4) is 9.88 Å². The third-order valence-corrected chi connectivity index (χ3v) is 2.98. The van der Waals surface area contributed by atoms with Crippen LogP contribution in [0, 0.1) is 0 Å². The predicted molar refractivity (Wildman–Crippen MR) is 55.7 cm³/mol. The molecular formula is C7H6BrNS2. The second kappa shape index (κ2) is 3.99. The normalized spacial score (nSPS) is 9.09. The molecule has 0 aromatic carbocycles. The number of aromatic nitrogens is 1. The van der Waals surface area contributed by atoms with Crippen molar-refractivity contribution in [1.82, 2.24) is 4.98 Å². The Morgan fingerprint density at radius 3 is 2.64 bits per heavy atom. The van der Waals surface area contributed by atoms with E-state index in [0.717, 1.165) is 5.01 Å². The van der Waals surface area contributed by atoms with E-state index >= 15 is 0 Å². The second-order valence-electron chi connectivity index (χ2n) is 1.81. The van der Waals surface area contributed by atoms with E-state index in [2.05, 4.69) is 16.4 Å². The van der Waals surface area contributed by atoms with E-state index in [1.165, 1.54) is 4.88 Å². The zero-order chi connectivity index (χ0) is 6.81. The monoisotopic (exact) mass is 247 g/mol. The van der Waals surface area contributed by atoms with Gasteiger partial charge in [-0.25, -0.2) is 4.98 Å². The van der Waals surface area contributed by atoms with Crippen LogP contribution in [0.5, 0.6) is 0 Å². The van der Waals surface area contributed by atoms with Crippen molar-refractivity contribution in [2.24, 2.45) is 0 Å². The summed E-state index contributed by atoms with van der Waals surface area (Å²) in [6.07, 6.45) is 1.83. The first-order valence-electron chi connectivity index (χ1n) is 2.90. The van der Waals surface area contributed by atoms with Gasteiger partial charge in [0, 0.05) is 11.6 Å². The number of hydrogen-bond acceptors (Lipinski definition) is 3. The van der Waals surface area contributed by atoms with Crippen molar-refractivity contribution in [2.75, 3.05) is 0 Å². The van der Waals surface area contributed by atoms with Crippen molar-refractivity contribution >= 4 is 39.7 Å². The summed E-state index contributed by atoms with van der Waals surface area (Å²) in [7, 11) is 0. The zero-order valence-electron chi connectivity index (χ0n) is 5.56. The van der Waals surface area contributed by atoms with Gasteiger partial charge in [0.05, 0.1) is 4.88 Å². The Hall–Kier alpha value is -0.190. The van der Waals surface area contributed by atoms with Crippen LogP contribution < -0.4 is 0 Å². The van der Waals surface area contributed by atoms with Crippen molar-refractivity contribution in [1.29, 1.82) is 0 Å². The van der Waals surface area contributed by atoms with E-state index in [4.69, 9.17) is 0 Å². The first-order chi connectivity index (χ1) is 4.97. The molecule has 0 bridgehead atoms. The fourth-order valence-corrected chi connectivity index (χ4v) is 2.20. The third-order valence-electron chi connectivity index (χ3n) is 1.16. The van der Waals surface area contributed by atoms with Gasteiger partial charge in [0.2, 0.25) is 0 Å². The van der Waals surface area contributed by atoms with Crippen LogP contribution in [0.1, 0.15) is 0 Å². The van der Waals surface area contributed by atoms with Gasteiger partial charge in [0.1, 0.15) is 5.01 Å². The quantitative estimate of drug-likeness (QED) is 0.753.